The van der Waals surface area contributed by atoms with E-state index in [1.165, 1.54) is 0 Å². The lowest BCUT2D eigenvalue weighted by Gasteiger charge is -2.37. The topological polar surface area (TPSA) is 36.0 Å². The molecule has 1 aliphatic rings. The average Bonchev–Trinajstić information content (AvgIpc) is 2.69. The molecule has 3 rings (SSSR count). The molecule has 1 amide bonds. The van der Waals surface area contributed by atoms with Gasteiger partial charge in [-0.25, -0.2) is 0 Å². The van der Waals surface area contributed by atoms with Gasteiger partial charge in [-0.3, -0.25) is 4.79 Å². The van der Waals surface area contributed by atoms with Crippen molar-refractivity contribution in [2.45, 2.75) is 6.92 Å². The van der Waals surface area contributed by atoms with Gasteiger partial charge in [0.2, 0.25) is 5.91 Å². The molecule has 2 aromatic rings. The molecule has 1 saturated heterocycles. The molecule has 5 heteroatoms. The van der Waals surface area contributed by atoms with Crippen LogP contribution >= 0.6 is 0 Å². The molecule has 0 bridgehead atoms. The molecule has 138 valence electrons. The molecule has 5 nitrogen and oxygen atoms in total. The van der Waals surface area contributed by atoms with Crippen LogP contribution in [0.4, 0.5) is 11.4 Å². The van der Waals surface area contributed by atoms with E-state index in [0.717, 1.165) is 43.3 Å². The van der Waals surface area contributed by atoms with Gasteiger partial charge in [-0.1, -0.05) is 30.3 Å². The number of amides is 1. The summed E-state index contributed by atoms with van der Waals surface area (Å²) >= 11 is 0. The summed E-state index contributed by atoms with van der Waals surface area (Å²) < 4.78 is 5.74. The highest BCUT2D eigenvalue weighted by molar-refractivity contribution is 5.81. The quantitative estimate of drug-likeness (QED) is 0.800. The van der Waals surface area contributed by atoms with Crippen LogP contribution in [0.15, 0.2) is 54.6 Å². The van der Waals surface area contributed by atoms with Gasteiger partial charge < -0.3 is 19.4 Å². The first-order valence-electron chi connectivity index (χ1n) is 9.19. The third-order valence-corrected chi connectivity index (χ3v) is 4.71. The molecule has 0 spiro atoms. The minimum Gasteiger partial charge on any atom is -0.492 e. The number of benzene rings is 2. The second-order valence-electron chi connectivity index (χ2n) is 6.46. The number of piperazine rings is 1. The van der Waals surface area contributed by atoms with E-state index in [-0.39, 0.29) is 5.91 Å². The van der Waals surface area contributed by atoms with Gasteiger partial charge in [0.05, 0.1) is 18.8 Å². The first-order chi connectivity index (χ1) is 12.7. The van der Waals surface area contributed by atoms with E-state index in [9.17, 15) is 4.79 Å². The second-order valence-corrected chi connectivity index (χ2v) is 6.46. The number of anilines is 2. The maximum Gasteiger partial charge on any atom is 0.242 e. The summed E-state index contributed by atoms with van der Waals surface area (Å²) in [6.07, 6.45) is 0. The van der Waals surface area contributed by atoms with Crippen molar-refractivity contribution in [1.29, 1.82) is 0 Å². The normalized spacial score (nSPS) is 14.2. The summed E-state index contributed by atoms with van der Waals surface area (Å²) in [6.45, 7) is 6.18. The largest absolute Gasteiger partial charge is 0.492 e. The maximum absolute atomic E-state index is 12.6. The Morgan fingerprint density at radius 3 is 2.35 bits per heavy atom. The summed E-state index contributed by atoms with van der Waals surface area (Å²) in [4.78, 5) is 18.9. The number of hydrogen-bond donors (Lipinski definition) is 0. The molecule has 1 heterocycles. The highest BCUT2D eigenvalue weighted by atomic mass is 16.5. The van der Waals surface area contributed by atoms with Crippen molar-refractivity contribution in [3.05, 3.63) is 54.6 Å². The molecule has 0 N–H and O–H groups in total. The van der Waals surface area contributed by atoms with Crippen molar-refractivity contribution >= 4 is 17.3 Å². The first-order valence-corrected chi connectivity index (χ1v) is 9.19. The summed E-state index contributed by atoms with van der Waals surface area (Å²) in [5.41, 5.74) is 2.17. The third kappa shape index (κ3) is 4.28. The van der Waals surface area contributed by atoms with Gasteiger partial charge in [0, 0.05) is 38.9 Å². The lowest BCUT2D eigenvalue weighted by molar-refractivity contribution is -0.129. The van der Waals surface area contributed by atoms with Gasteiger partial charge in [-0.2, -0.15) is 0 Å². The van der Waals surface area contributed by atoms with Crippen molar-refractivity contribution < 1.29 is 9.53 Å². The molecular weight excluding hydrogens is 326 g/mol. The van der Waals surface area contributed by atoms with Crippen molar-refractivity contribution in [3.8, 4) is 5.75 Å². The Labute approximate surface area is 155 Å². The van der Waals surface area contributed by atoms with E-state index in [4.69, 9.17) is 4.74 Å². The lowest BCUT2D eigenvalue weighted by atomic mass is 10.2. The first kappa shape index (κ1) is 18.1. The highest BCUT2D eigenvalue weighted by Gasteiger charge is 2.23. The van der Waals surface area contributed by atoms with Crippen LogP contribution in [-0.2, 0) is 4.79 Å². The molecule has 0 saturated carbocycles. The Kier molecular flexibility index (Phi) is 6.00. The number of nitrogens with zero attached hydrogens (tertiary/aromatic N) is 3. The number of hydrogen-bond acceptors (Lipinski definition) is 4. The number of carbonyl (C=O) groups excluding carboxylic acids is 1. The number of para-hydroxylation sites is 3. The zero-order valence-electron chi connectivity index (χ0n) is 15.6. The molecule has 0 atom stereocenters. The van der Waals surface area contributed by atoms with E-state index in [0.29, 0.717) is 13.2 Å². The van der Waals surface area contributed by atoms with Gasteiger partial charge in [0.1, 0.15) is 5.75 Å². The van der Waals surface area contributed by atoms with E-state index in [1.807, 2.05) is 72.3 Å². The van der Waals surface area contributed by atoms with Crippen LogP contribution in [0.5, 0.6) is 5.75 Å². The highest BCUT2D eigenvalue weighted by Crippen LogP contribution is 2.28. The third-order valence-electron chi connectivity index (χ3n) is 4.71. The second kappa shape index (κ2) is 8.61. The summed E-state index contributed by atoms with van der Waals surface area (Å²) in [6, 6.07) is 18.1. The fourth-order valence-corrected chi connectivity index (χ4v) is 3.27. The smallest absolute Gasteiger partial charge is 0.242 e. The van der Waals surface area contributed by atoms with Crippen molar-refractivity contribution in [3.63, 3.8) is 0 Å². The molecule has 0 aromatic heterocycles. The van der Waals surface area contributed by atoms with Crippen molar-refractivity contribution in [2.75, 3.05) is 56.2 Å². The Balaban J connectivity index is 1.56. The number of ether oxygens (including phenoxy) is 1. The van der Waals surface area contributed by atoms with Crippen LogP contribution < -0.4 is 14.5 Å². The Hall–Kier alpha value is -2.69. The minimum atomic E-state index is 0.175. The van der Waals surface area contributed by atoms with E-state index in [1.54, 1.807) is 0 Å². The molecule has 1 fully saturated rings. The number of likely N-dealkylation sites (N-methyl/N-ethyl adjacent to an activating group) is 1. The van der Waals surface area contributed by atoms with Crippen molar-refractivity contribution in [2.24, 2.45) is 0 Å². The SMILES string of the molecule is CCOc1ccccc1N1CCN(C(=O)CN(C)c2ccccc2)CC1. The standard InChI is InChI=1S/C21H27N3O2/c1-3-26-20-12-8-7-11-19(20)23-13-15-24(16-14-23)21(25)17-22(2)18-9-5-4-6-10-18/h4-12H,3,13-17H2,1-2H3. The van der Waals surface area contributed by atoms with Crippen molar-refractivity contribution in [1.82, 2.24) is 4.90 Å². The molecule has 0 aliphatic carbocycles. The van der Waals surface area contributed by atoms with Crippen LogP contribution in [0.2, 0.25) is 0 Å². The van der Waals surface area contributed by atoms with Gasteiger partial charge in [-0.15, -0.1) is 0 Å². The van der Waals surface area contributed by atoms with Crippen LogP contribution in [0.3, 0.4) is 0 Å². The zero-order chi connectivity index (χ0) is 18.4. The van der Waals surface area contributed by atoms with Gasteiger partial charge in [0.25, 0.3) is 0 Å². The molecule has 0 unspecified atom stereocenters. The van der Waals surface area contributed by atoms with E-state index in [2.05, 4.69) is 11.0 Å². The number of rotatable bonds is 6. The number of carbonyl (C=O) groups is 1. The molecule has 1 aliphatic heterocycles. The summed E-state index contributed by atoms with van der Waals surface area (Å²) in [7, 11) is 1.96. The Morgan fingerprint density at radius 2 is 1.65 bits per heavy atom. The predicted octanol–water partition coefficient (Wildman–Crippen LogP) is 2.87. The predicted molar refractivity (Wildman–Crippen MR) is 106 cm³/mol. The van der Waals surface area contributed by atoms with Crippen LogP contribution in [0, 0.1) is 0 Å². The van der Waals surface area contributed by atoms with Crippen LogP contribution in [0.25, 0.3) is 0 Å². The minimum absolute atomic E-state index is 0.175. The zero-order valence-corrected chi connectivity index (χ0v) is 15.6. The summed E-state index contributed by atoms with van der Waals surface area (Å²) in [5, 5.41) is 0. The fraction of sp³-hybridized carbons (Fsp3) is 0.381. The monoisotopic (exact) mass is 353 g/mol. The van der Waals surface area contributed by atoms with Crippen LogP contribution in [-0.4, -0.2) is 57.2 Å². The van der Waals surface area contributed by atoms with E-state index < -0.39 is 0 Å². The van der Waals surface area contributed by atoms with Gasteiger partial charge >= 0.3 is 0 Å². The fourth-order valence-electron chi connectivity index (χ4n) is 3.27. The maximum atomic E-state index is 12.6. The Morgan fingerprint density at radius 1 is 1.00 bits per heavy atom. The van der Waals surface area contributed by atoms with Gasteiger partial charge in [0.15, 0.2) is 0 Å². The lowest BCUT2D eigenvalue weighted by Crippen LogP contribution is -2.51. The van der Waals surface area contributed by atoms with E-state index >= 15 is 0 Å². The van der Waals surface area contributed by atoms with Crippen LogP contribution in [0.1, 0.15) is 6.92 Å². The molecule has 0 radical (unpaired) electrons. The van der Waals surface area contributed by atoms with Gasteiger partial charge in [-0.05, 0) is 31.2 Å². The molecule has 2 aromatic carbocycles. The Bertz CT molecular complexity index is 712. The summed E-state index contributed by atoms with van der Waals surface area (Å²) in [5.74, 6) is 1.09. The average molecular weight is 353 g/mol. The molecular formula is C21H27N3O2. The molecule has 26 heavy (non-hydrogen) atoms.